The Bertz CT molecular complexity index is 627. The summed E-state index contributed by atoms with van der Waals surface area (Å²) in [4.78, 5) is 0. The van der Waals surface area contributed by atoms with Crippen molar-refractivity contribution >= 4 is 17.4 Å². The van der Waals surface area contributed by atoms with E-state index in [2.05, 4.69) is 5.16 Å². The highest BCUT2D eigenvalue weighted by Crippen LogP contribution is 2.28. The molecule has 0 fully saturated rings. The van der Waals surface area contributed by atoms with E-state index in [1.807, 2.05) is 19.1 Å². The second-order valence-electron chi connectivity index (χ2n) is 4.04. The van der Waals surface area contributed by atoms with Crippen LogP contribution in [0.2, 0.25) is 5.02 Å². The first-order chi connectivity index (χ1) is 9.10. The molecule has 4 nitrogen and oxygen atoms in total. The molecule has 2 aromatic rings. The van der Waals surface area contributed by atoms with Crippen molar-refractivity contribution in [3.8, 4) is 11.5 Å². The lowest BCUT2D eigenvalue weighted by molar-refractivity contribution is 0.318. The first kappa shape index (κ1) is 13.2. The van der Waals surface area contributed by atoms with Crippen molar-refractivity contribution in [1.29, 1.82) is 0 Å². The molecule has 0 bridgehead atoms. The minimum absolute atomic E-state index is 0.00275. The van der Waals surface area contributed by atoms with Crippen molar-refractivity contribution in [2.45, 2.75) is 6.92 Å². The summed E-state index contributed by atoms with van der Waals surface area (Å²) in [7, 11) is 0. The second kappa shape index (κ2) is 5.63. The quantitative estimate of drug-likeness (QED) is 0.390. The first-order valence-corrected chi connectivity index (χ1v) is 6.00. The van der Waals surface area contributed by atoms with Crippen LogP contribution in [0.3, 0.4) is 0 Å². The van der Waals surface area contributed by atoms with Gasteiger partial charge in [0.05, 0.1) is 5.56 Å². The molecule has 0 aliphatic carbocycles. The van der Waals surface area contributed by atoms with Crippen molar-refractivity contribution in [2.24, 2.45) is 10.9 Å². The molecule has 19 heavy (non-hydrogen) atoms. The zero-order valence-electron chi connectivity index (χ0n) is 10.3. The van der Waals surface area contributed by atoms with E-state index in [1.54, 1.807) is 30.3 Å². The third-order valence-corrected chi connectivity index (χ3v) is 2.78. The van der Waals surface area contributed by atoms with Crippen LogP contribution < -0.4 is 10.5 Å². The SMILES string of the molecule is Cc1ccc(C(N)=NO)c(Oc2cccc(Cl)c2)c1. The van der Waals surface area contributed by atoms with Crippen molar-refractivity contribution in [1.82, 2.24) is 0 Å². The lowest BCUT2D eigenvalue weighted by Crippen LogP contribution is -2.14. The lowest BCUT2D eigenvalue weighted by atomic mass is 10.1. The maximum atomic E-state index is 8.78. The minimum atomic E-state index is -0.00275. The van der Waals surface area contributed by atoms with Crippen LogP contribution in [0.1, 0.15) is 11.1 Å². The van der Waals surface area contributed by atoms with Gasteiger partial charge in [0, 0.05) is 5.02 Å². The fourth-order valence-corrected chi connectivity index (χ4v) is 1.82. The van der Waals surface area contributed by atoms with E-state index in [0.717, 1.165) is 5.56 Å². The normalized spacial score (nSPS) is 11.4. The Morgan fingerprint density at radius 2 is 2.05 bits per heavy atom. The minimum Gasteiger partial charge on any atom is -0.457 e. The van der Waals surface area contributed by atoms with Gasteiger partial charge in [-0.3, -0.25) is 0 Å². The molecule has 2 aromatic carbocycles. The van der Waals surface area contributed by atoms with Crippen LogP contribution in [0.5, 0.6) is 11.5 Å². The lowest BCUT2D eigenvalue weighted by Gasteiger charge is -2.11. The van der Waals surface area contributed by atoms with Crippen molar-refractivity contribution in [2.75, 3.05) is 0 Å². The van der Waals surface area contributed by atoms with Crippen LogP contribution in [0.25, 0.3) is 0 Å². The zero-order valence-corrected chi connectivity index (χ0v) is 11.1. The highest BCUT2D eigenvalue weighted by Gasteiger charge is 2.10. The van der Waals surface area contributed by atoms with Crippen LogP contribution in [-0.4, -0.2) is 11.0 Å². The molecular weight excluding hydrogens is 264 g/mol. The number of benzene rings is 2. The molecule has 98 valence electrons. The number of amidine groups is 1. The van der Waals surface area contributed by atoms with Gasteiger partial charge in [0.15, 0.2) is 5.84 Å². The van der Waals surface area contributed by atoms with Gasteiger partial charge in [-0.15, -0.1) is 0 Å². The van der Waals surface area contributed by atoms with E-state index in [4.69, 9.17) is 27.3 Å². The van der Waals surface area contributed by atoms with Gasteiger partial charge in [-0.2, -0.15) is 0 Å². The molecule has 0 aromatic heterocycles. The molecule has 0 atom stereocenters. The number of rotatable bonds is 3. The Kier molecular flexibility index (Phi) is 3.92. The number of nitrogens with two attached hydrogens (primary N) is 1. The number of oxime groups is 1. The molecule has 2 rings (SSSR count). The van der Waals surface area contributed by atoms with Gasteiger partial charge < -0.3 is 15.7 Å². The average Bonchev–Trinajstić information content (AvgIpc) is 2.38. The van der Waals surface area contributed by atoms with E-state index in [9.17, 15) is 0 Å². The van der Waals surface area contributed by atoms with Crippen LogP contribution in [0.15, 0.2) is 47.6 Å². The molecule has 0 aliphatic heterocycles. The van der Waals surface area contributed by atoms with Gasteiger partial charge in [0.1, 0.15) is 11.5 Å². The summed E-state index contributed by atoms with van der Waals surface area (Å²) in [5.74, 6) is 1.10. The Labute approximate surface area is 116 Å². The Morgan fingerprint density at radius 3 is 2.74 bits per heavy atom. The zero-order chi connectivity index (χ0) is 13.8. The highest BCUT2D eigenvalue weighted by molar-refractivity contribution is 6.30. The molecule has 0 aliphatic rings. The number of aryl methyl sites for hydroxylation is 1. The smallest absolute Gasteiger partial charge is 0.173 e. The van der Waals surface area contributed by atoms with E-state index in [-0.39, 0.29) is 5.84 Å². The second-order valence-corrected chi connectivity index (χ2v) is 4.48. The van der Waals surface area contributed by atoms with E-state index < -0.39 is 0 Å². The summed E-state index contributed by atoms with van der Waals surface area (Å²) in [5.41, 5.74) is 7.15. The van der Waals surface area contributed by atoms with Crippen molar-refractivity contribution < 1.29 is 9.94 Å². The predicted molar refractivity (Wildman–Crippen MR) is 75.2 cm³/mol. The monoisotopic (exact) mass is 276 g/mol. The predicted octanol–water partition coefficient (Wildman–Crippen LogP) is 3.54. The van der Waals surface area contributed by atoms with Gasteiger partial charge in [0.2, 0.25) is 0 Å². The fraction of sp³-hybridized carbons (Fsp3) is 0.0714. The fourth-order valence-electron chi connectivity index (χ4n) is 1.64. The van der Waals surface area contributed by atoms with Gasteiger partial charge in [-0.25, -0.2) is 0 Å². The van der Waals surface area contributed by atoms with Crippen molar-refractivity contribution in [3.05, 3.63) is 58.6 Å². The number of ether oxygens (including phenoxy) is 1. The Hall–Kier alpha value is -2.20. The standard InChI is InChI=1S/C14H13ClN2O2/c1-9-5-6-12(14(16)17-18)13(7-9)19-11-4-2-3-10(15)8-11/h2-8,18H,1H3,(H2,16,17). The summed E-state index contributed by atoms with van der Waals surface area (Å²) in [5, 5.41) is 12.4. The maximum absolute atomic E-state index is 8.78. The van der Waals surface area contributed by atoms with Crippen LogP contribution in [0.4, 0.5) is 0 Å². The van der Waals surface area contributed by atoms with Crippen LogP contribution >= 0.6 is 11.6 Å². The average molecular weight is 277 g/mol. The molecule has 0 spiro atoms. The van der Waals surface area contributed by atoms with Crippen LogP contribution in [-0.2, 0) is 0 Å². The molecular formula is C14H13ClN2O2. The summed E-state index contributed by atoms with van der Waals surface area (Å²) in [6, 6.07) is 12.4. The molecule has 0 unspecified atom stereocenters. The van der Waals surface area contributed by atoms with E-state index in [1.165, 1.54) is 0 Å². The molecule has 0 heterocycles. The van der Waals surface area contributed by atoms with Gasteiger partial charge in [0.25, 0.3) is 0 Å². The van der Waals surface area contributed by atoms with E-state index in [0.29, 0.717) is 22.1 Å². The number of hydrogen-bond acceptors (Lipinski definition) is 3. The molecule has 5 heteroatoms. The number of nitrogens with zero attached hydrogens (tertiary/aromatic N) is 1. The van der Waals surface area contributed by atoms with Gasteiger partial charge in [-0.1, -0.05) is 28.9 Å². The Morgan fingerprint density at radius 1 is 1.26 bits per heavy atom. The summed E-state index contributed by atoms with van der Waals surface area (Å²) in [6.07, 6.45) is 0. The third-order valence-electron chi connectivity index (χ3n) is 2.54. The molecule has 0 saturated carbocycles. The van der Waals surface area contributed by atoms with E-state index >= 15 is 0 Å². The number of hydrogen-bond donors (Lipinski definition) is 2. The molecule has 0 amide bonds. The summed E-state index contributed by atoms with van der Waals surface area (Å²) < 4.78 is 5.74. The van der Waals surface area contributed by atoms with Crippen molar-refractivity contribution in [3.63, 3.8) is 0 Å². The topological polar surface area (TPSA) is 67.8 Å². The van der Waals surface area contributed by atoms with Gasteiger partial charge >= 0.3 is 0 Å². The van der Waals surface area contributed by atoms with Gasteiger partial charge in [-0.05, 0) is 42.8 Å². The highest BCUT2D eigenvalue weighted by atomic mass is 35.5. The maximum Gasteiger partial charge on any atom is 0.173 e. The molecule has 0 radical (unpaired) electrons. The van der Waals surface area contributed by atoms with Crippen LogP contribution in [0, 0.1) is 6.92 Å². The Balaban J connectivity index is 2.41. The summed E-state index contributed by atoms with van der Waals surface area (Å²) >= 11 is 5.90. The number of halogens is 1. The summed E-state index contributed by atoms with van der Waals surface area (Å²) in [6.45, 7) is 1.93. The first-order valence-electron chi connectivity index (χ1n) is 5.62. The molecule has 0 saturated heterocycles. The molecule has 3 N–H and O–H groups in total. The largest absolute Gasteiger partial charge is 0.457 e. The third kappa shape index (κ3) is 3.17.